The monoisotopic (exact) mass is 296 g/mol. The molecule has 1 fully saturated rings. The number of aryl methyl sites for hydroxylation is 1. The summed E-state index contributed by atoms with van der Waals surface area (Å²) in [6.07, 6.45) is 1.30. The Morgan fingerprint density at radius 2 is 2.00 bits per heavy atom. The molecule has 1 aliphatic heterocycles. The molecule has 3 amide bonds. The summed E-state index contributed by atoms with van der Waals surface area (Å²) < 4.78 is 1.02. The molecular formula is C12H13BrN2O2. The van der Waals surface area contributed by atoms with Crippen molar-refractivity contribution in [3.63, 3.8) is 0 Å². The van der Waals surface area contributed by atoms with Crippen LogP contribution in [-0.2, 0) is 11.2 Å². The number of hydrogen-bond donors (Lipinski definition) is 2. The lowest BCUT2D eigenvalue weighted by Gasteiger charge is -2.20. The highest BCUT2D eigenvalue weighted by atomic mass is 79.9. The molecule has 1 aromatic carbocycles. The van der Waals surface area contributed by atoms with E-state index in [0.29, 0.717) is 6.42 Å². The lowest BCUT2D eigenvalue weighted by atomic mass is 9.93. The van der Waals surface area contributed by atoms with Crippen molar-refractivity contribution in [2.75, 3.05) is 0 Å². The van der Waals surface area contributed by atoms with Crippen LogP contribution in [0.3, 0.4) is 0 Å². The van der Waals surface area contributed by atoms with Crippen molar-refractivity contribution in [3.05, 3.63) is 34.3 Å². The van der Waals surface area contributed by atoms with Gasteiger partial charge in [0.05, 0.1) is 0 Å². The van der Waals surface area contributed by atoms with Gasteiger partial charge in [0, 0.05) is 4.47 Å². The van der Waals surface area contributed by atoms with Crippen LogP contribution in [0.15, 0.2) is 28.7 Å². The Bertz CT molecular complexity index is 475. The first-order valence-electron chi connectivity index (χ1n) is 5.38. The zero-order chi connectivity index (χ0) is 12.5. The van der Waals surface area contributed by atoms with Gasteiger partial charge in [0.2, 0.25) is 0 Å². The fraction of sp³-hybridized carbons (Fsp3) is 0.333. The highest BCUT2D eigenvalue weighted by molar-refractivity contribution is 9.10. The molecule has 17 heavy (non-hydrogen) atoms. The maximum atomic E-state index is 11.6. The topological polar surface area (TPSA) is 58.2 Å². The first-order chi connectivity index (χ1) is 8.01. The van der Waals surface area contributed by atoms with E-state index in [0.717, 1.165) is 16.5 Å². The van der Waals surface area contributed by atoms with Crippen molar-refractivity contribution in [2.24, 2.45) is 0 Å². The SMILES string of the molecule is CC1(CCc2ccccc2Br)NC(=O)NC1=O. The van der Waals surface area contributed by atoms with Gasteiger partial charge in [-0.25, -0.2) is 4.79 Å². The van der Waals surface area contributed by atoms with E-state index in [1.165, 1.54) is 0 Å². The normalized spacial score (nSPS) is 23.4. The molecule has 0 spiro atoms. The molecule has 1 aliphatic rings. The van der Waals surface area contributed by atoms with Gasteiger partial charge >= 0.3 is 6.03 Å². The van der Waals surface area contributed by atoms with Crippen LogP contribution in [0.4, 0.5) is 4.79 Å². The van der Waals surface area contributed by atoms with Crippen molar-refractivity contribution in [3.8, 4) is 0 Å². The maximum Gasteiger partial charge on any atom is 0.322 e. The minimum absolute atomic E-state index is 0.255. The van der Waals surface area contributed by atoms with Crippen LogP contribution in [0.5, 0.6) is 0 Å². The van der Waals surface area contributed by atoms with E-state index in [9.17, 15) is 9.59 Å². The molecule has 0 aromatic heterocycles. The van der Waals surface area contributed by atoms with Crippen LogP contribution in [0.1, 0.15) is 18.9 Å². The number of imide groups is 1. The minimum Gasteiger partial charge on any atom is -0.324 e. The number of carbonyl (C=O) groups excluding carboxylic acids is 2. The number of carbonyl (C=O) groups is 2. The zero-order valence-corrected chi connectivity index (χ0v) is 11.0. The Hall–Kier alpha value is -1.36. The van der Waals surface area contributed by atoms with E-state index in [2.05, 4.69) is 26.6 Å². The number of halogens is 1. The van der Waals surface area contributed by atoms with Gasteiger partial charge < -0.3 is 5.32 Å². The summed E-state index contributed by atoms with van der Waals surface area (Å²) in [6.45, 7) is 1.74. The van der Waals surface area contributed by atoms with E-state index < -0.39 is 11.6 Å². The van der Waals surface area contributed by atoms with Crippen molar-refractivity contribution >= 4 is 27.9 Å². The van der Waals surface area contributed by atoms with Gasteiger partial charge in [-0.3, -0.25) is 10.1 Å². The fourth-order valence-electron chi connectivity index (χ4n) is 1.84. The predicted octanol–water partition coefficient (Wildman–Crippen LogP) is 1.98. The standard InChI is InChI=1S/C12H13BrN2O2/c1-12(10(16)14-11(17)15-12)7-6-8-4-2-3-5-9(8)13/h2-5H,6-7H2,1H3,(H2,14,15,16,17). The van der Waals surface area contributed by atoms with Crippen LogP contribution < -0.4 is 10.6 Å². The van der Waals surface area contributed by atoms with Gasteiger partial charge in [0.25, 0.3) is 5.91 Å². The van der Waals surface area contributed by atoms with Crippen molar-refractivity contribution < 1.29 is 9.59 Å². The molecule has 1 unspecified atom stereocenters. The van der Waals surface area contributed by atoms with Crippen LogP contribution >= 0.6 is 15.9 Å². The Kier molecular flexibility index (Phi) is 3.19. The third-order valence-corrected chi connectivity index (χ3v) is 3.74. The lowest BCUT2D eigenvalue weighted by molar-refractivity contribution is -0.123. The number of amides is 3. The quantitative estimate of drug-likeness (QED) is 0.838. The number of benzene rings is 1. The van der Waals surface area contributed by atoms with Gasteiger partial charge in [-0.2, -0.15) is 0 Å². The molecule has 4 nitrogen and oxygen atoms in total. The van der Waals surface area contributed by atoms with Gasteiger partial charge in [-0.15, -0.1) is 0 Å². The fourth-order valence-corrected chi connectivity index (χ4v) is 2.32. The van der Waals surface area contributed by atoms with E-state index in [1.54, 1.807) is 6.92 Å². The molecule has 1 aromatic rings. The Morgan fingerprint density at radius 3 is 2.59 bits per heavy atom. The summed E-state index contributed by atoms with van der Waals surface area (Å²) in [7, 11) is 0. The molecule has 0 radical (unpaired) electrons. The van der Waals surface area contributed by atoms with Crippen molar-refractivity contribution in [2.45, 2.75) is 25.3 Å². The van der Waals surface area contributed by atoms with Crippen LogP contribution in [0.25, 0.3) is 0 Å². The minimum atomic E-state index is -0.799. The summed E-state index contributed by atoms with van der Waals surface area (Å²) in [4.78, 5) is 22.7. The van der Waals surface area contributed by atoms with Crippen LogP contribution in [0, 0.1) is 0 Å². The molecule has 0 saturated carbocycles. The van der Waals surface area contributed by atoms with Crippen LogP contribution in [-0.4, -0.2) is 17.5 Å². The lowest BCUT2D eigenvalue weighted by Crippen LogP contribution is -2.44. The van der Waals surface area contributed by atoms with Crippen molar-refractivity contribution in [1.29, 1.82) is 0 Å². The van der Waals surface area contributed by atoms with E-state index in [4.69, 9.17) is 0 Å². The summed E-state index contributed by atoms with van der Waals surface area (Å²) in [5.41, 5.74) is 0.328. The Labute approximate surface area is 108 Å². The van der Waals surface area contributed by atoms with Gasteiger partial charge in [-0.1, -0.05) is 34.1 Å². The maximum absolute atomic E-state index is 11.6. The first kappa shape index (κ1) is 12.1. The second-order valence-electron chi connectivity index (χ2n) is 4.33. The highest BCUT2D eigenvalue weighted by Gasteiger charge is 2.41. The summed E-state index contributed by atoms with van der Waals surface area (Å²) in [6, 6.07) is 7.45. The van der Waals surface area contributed by atoms with Gasteiger partial charge in [0.15, 0.2) is 0 Å². The number of urea groups is 1. The van der Waals surface area contributed by atoms with E-state index in [-0.39, 0.29) is 5.91 Å². The third kappa shape index (κ3) is 2.49. The predicted molar refractivity (Wildman–Crippen MR) is 67.5 cm³/mol. The molecule has 5 heteroatoms. The van der Waals surface area contributed by atoms with Gasteiger partial charge in [-0.05, 0) is 31.4 Å². The van der Waals surface area contributed by atoms with Crippen molar-refractivity contribution in [1.82, 2.24) is 10.6 Å². The number of hydrogen-bond acceptors (Lipinski definition) is 2. The second kappa shape index (κ2) is 4.49. The molecule has 1 heterocycles. The molecule has 90 valence electrons. The molecule has 2 rings (SSSR count). The number of rotatable bonds is 3. The first-order valence-corrected chi connectivity index (χ1v) is 6.17. The molecule has 2 N–H and O–H groups in total. The average molecular weight is 297 g/mol. The zero-order valence-electron chi connectivity index (χ0n) is 9.42. The Balaban J connectivity index is 2.06. The molecule has 1 atom stereocenters. The summed E-state index contributed by atoms with van der Waals surface area (Å²) in [5.74, 6) is -0.255. The van der Waals surface area contributed by atoms with E-state index >= 15 is 0 Å². The average Bonchev–Trinajstić information content (AvgIpc) is 2.52. The molecule has 0 bridgehead atoms. The highest BCUT2D eigenvalue weighted by Crippen LogP contribution is 2.22. The molecular weight excluding hydrogens is 284 g/mol. The molecule has 0 aliphatic carbocycles. The smallest absolute Gasteiger partial charge is 0.322 e. The van der Waals surface area contributed by atoms with E-state index in [1.807, 2.05) is 24.3 Å². The third-order valence-electron chi connectivity index (χ3n) is 2.97. The Morgan fingerprint density at radius 1 is 1.29 bits per heavy atom. The summed E-state index contributed by atoms with van der Waals surface area (Å²) >= 11 is 3.46. The largest absolute Gasteiger partial charge is 0.324 e. The number of nitrogens with one attached hydrogen (secondary N) is 2. The molecule has 1 saturated heterocycles. The second-order valence-corrected chi connectivity index (χ2v) is 5.19. The van der Waals surface area contributed by atoms with Gasteiger partial charge in [0.1, 0.15) is 5.54 Å². The summed E-state index contributed by atoms with van der Waals surface area (Å²) in [5, 5.41) is 4.91. The van der Waals surface area contributed by atoms with Crippen LogP contribution in [0.2, 0.25) is 0 Å².